The standard InChI is InChI=1S/C28H21N3O4/c29-16-19-7-1-3-12-23(19)30-25(32)17-35-28(33)26-21-10-2-4-13-24(21)31-27-18(8-5-11-22(26)27)15-20-9-6-14-34-20/h1-4,6-7,9-10,12-15H,5,8,11,17H2,(H,30,32)/b18-15+. The number of benzene rings is 2. The number of amides is 1. The van der Waals surface area contributed by atoms with Crippen molar-refractivity contribution >= 4 is 40.1 Å². The van der Waals surface area contributed by atoms with Gasteiger partial charge in [0.2, 0.25) is 0 Å². The quantitative estimate of drug-likeness (QED) is 0.399. The van der Waals surface area contributed by atoms with Crippen LogP contribution in [-0.2, 0) is 16.0 Å². The molecular formula is C28H21N3O4. The minimum atomic E-state index is -0.581. The van der Waals surface area contributed by atoms with E-state index in [2.05, 4.69) is 5.32 Å². The Morgan fingerprint density at radius 2 is 1.91 bits per heavy atom. The number of ether oxygens (including phenoxy) is 1. The van der Waals surface area contributed by atoms with Crippen LogP contribution >= 0.6 is 0 Å². The Kier molecular flexibility index (Phi) is 6.10. The number of furan rings is 1. The number of nitrogens with zero attached hydrogens (tertiary/aromatic N) is 2. The average Bonchev–Trinajstić information content (AvgIpc) is 3.40. The third-order valence-electron chi connectivity index (χ3n) is 5.89. The first-order valence-electron chi connectivity index (χ1n) is 11.3. The van der Waals surface area contributed by atoms with Gasteiger partial charge in [-0.1, -0.05) is 30.3 Å². The minimum Gasteiger partial charge on any atom is -0.465 e. The fourth-order valence-electron chi connectivity index (χ4n) is 4.33. The number of hydrogen-bond donors (Lipinski definition) is 1. The summed E-state index contributed by atoms with van der Waals surface area (Å²) in [6.07, 6.45) is 5.91. The molecule has 7 heteroatoms. The van der Waals surface area contributed by atoms with Crippen molar-refractivity contribution in [1.82, 2.24) is 4.98 Å². The van der Waals surface area contributed by atoms with E-state index in [9.17, 15) is 14.9 Å². The zero-order valence-corrected chi connectivity index (χ0v) is 18.8. The Morgan fingerprint density at radius 3 is 2.74 bits per heavy atom. The molecule has 0 atom stereocenters. The number of nitrogens with one attached hydrogen (secondary N) is 1. The second-order valence-electron chi connectivity index (χ2n) is 8.15. The van der Waals surface area contributed by atoms with Gasteiger partial charge in [0, 0.05) is 5.39 Å². The highest BCUT2D eigenvalue weighted by atomic mass is 16.5. The predicted octanol–water partition coefficient (Wildman–Crippen LogP) is 5.37. The third-order valence-corrected chi connectivity index (χ3v) is 5.89. The maximum absolute atomic E-state index is 13.3. The molecule has 2 aromatic heterocycles. The van der Waals surface area contributed by atoms with Crippen LogP contribution in [0.1, 0.15) is 45.8 Å². The van der Waals surface area contributed by atoms with Crippen molar-refractivity contribution in [2.45, 2.75) is 19.3 Å². The van der Waals surface area contributed by atoms with Gasteiger partial charge in [0.15, 0.2) is 6.61 Å². The Bertz CT molecular complexity index is 1500. The van der Waals surface area contributed by atoms with Crippen LogP contribution < -0.4 is 5.32 Å². The Morgan fingerprint density at radius 1 is 1.09 bits per heavy atom. The maximum atomic E-state index is 13.3. The molecule has 0 radical (unpaired) electrons. The van der Waals surface area contributed by atoms with E-state index in [-0.39, 0.29) is 0 Å². The number of carbonyl (C=O) groups excluding carboxylic acids is 2. The number of fused-ring (bicyclic) bond motifs is 2. The number of esters is 1. The Balaban J connectivity index is 1.45. The van der Waals surface area contributed by atoms with Crippen molar-refractivity contribution in [2.24, 2.45) is 0 Å². The van der Waals surface area contributed by atoms with Crippen LogP contribution in [0.25, 0.3) is 22.6 Å². The summed E-state index contributed by atoms with van der Waals surface area (Å²) in [7, 11) is 0. The summed E-state index contributed by atoms with van der Waals surface area (Å²) in [6.45, 7) is -0.473. The van der Waals surface area contributed by atoms with E-state index < -0.39 is 18.5 Å². The first-order chi connectivity index (χ1) is 17.1. The molecule has 1 aliphatic carbocycles. The molecule has 1 amide bonds. The van der Waals surface area contributed by atoms with Gasteiger partial charge >= 0.3 is 5.97 Å². The van der Waals surface area contributed by atoms with Crippen molar-refractivity contribution < 1.29 is 18.7 Å². The lowest BCUT2D eigenvalue weighted by molar-refractivity contribution is -0.119. The first-order valence-corrected chi connectivity index (χ1v) is 11.3. The van der Waals surface area contributed by atoms with Gasteiger partial charge in [-0.15, -0.1) is 0 Å². The van der Waals surface area contributed by atoms with Gasteiger partial charge in [-0.3, -0.25) is 4.79 Å². The number of pyridine rings is 1. The van der Waals surface area contributed by atoms with Crippen molar-refractivity contribution in [2.75, 3.05) is 11.9 Å². The molecule has 0 saturated carbocycles. The van der Waals surface area contributed by atoms with E-state index in [4.69, 9.17) is 14.1 Å². The van der Waals surface area contributed by atoms with E-state index in [0.29, 0.717) is 34.1 Å². The number of nitriles is 1. The molecule has 0 fully saturated rings. The number of allylic oxidation sites excluding steroid dienone is 1. The van der Waals surface area contributed by atoms with Gasteiger partial charge in [0.25, 0.3) is 5.91 Å². The number of hydrogen-bond acceptors (Lipinski definition) is 6. The molecule has 172 valence electrons. The highest BCUT2D eigenvalue weighted by Crippen LogP contribution is 2.36. The summed E-state index contributed by atoms with van der Waals surface area (Å²) >= 11 is 0. The summed E-state index contributed by atoms with van der Waals surface area (Å²) < 4.78 is 10.9. The molecule has 7 nitrogen and oxygen atoms in total. The molecule has 1 N–H and O–H groups in total. The predicted molar refractivity (Wildman–Crippen MR) is 131 cm³/mol. The van der Waals surface area contributed by atoms with Crippen LogP contribution in [0.5, 0.6) is 0 Å². The molecule has 5 rings (SSSR count). The van der Waals surface area contributed by atoms with Crippen molar-refractivity contribution in [3.05, 3.63) is 95.1 Å². The lowest BCUT2D eigenvalue weighted by atomic mass is 9.86. The highest BCUT2D eigenvalue weighted by Gasteiger charge is 2.26. The number of rotatable bonds is 5. The molecule has 0 spiro atoms. The second kappa shape index (κ2) is 9.65. The SMILES string of the molecule is N#Cc1ccccc1NC(=O)COC(=O)c1c2c(nc3ccccc13)/C(=C/c1ccco1)CCC2. The van der Waals surface area contributed by atoms with Gasteiger partial charge < -0.3 is 14.5 Å². The van der Waals surface area contributed by atoms with Crippen LogP contribution in [0.15, 0.2) is 71.3 Å². The first kappa shape index (κ1) is 22.1. The lowest BCUT2D eigenvalue weighted by Gasteiger charge is -2.22. The molecule has 4 aromatic rings. The normalized spacial score (nSPS) is 13.7. The lowest BCUT2D eigenvalue weighted by Crippen LogP contribution is -2.23. The summed E-state index contributed by atoms with van der Waals surface area (Å²) in [6, 6.07) is 19.8. The van der Waals surface area contributed by atoms with Gasteiger partial charge in [-0.05, 0) is 66.8 Å². The number of anilines is 1. The zero-order valence-electron chi connectivity index (χ0n) is 18.8. The van der Waals surface area contributed by atoms with Gasteiger partial charge in [-0.2, -0.15) is 5.26 Å². The summed E-state index contributed by atoms with van der Waals surface area (Å²) in [4.78, 5) is 30.6. The second-order valence-corrected chi connectivity index (χ2v) is 8.15. The number of aromatic nitrogens is 1. The fourth-order valence-corrected chi connectivity index (χ4v) is 4.33. The van der Waals surface area contributed by atoms with E-state index in [0.717, 1.165) is 35.4 Å². The molecular weight excluding hydrogens is 442 g/mol. The van der Waals surface area contributed by atoms with E-state index >= 15 is 0 Å². The number of carbonyl (C=O) groups is 2. The zero-order chi connectivity index (χ0) is 24.2. The van der Waals surface area contributed by atoms with Crippen LogP contribution in [0, 0.1) is 11.3 Å². The molecule has 0 saturated heterocycles. The van der Waals surface area contributed by atoms with Gasteiger partial charge in [0.1, 0.15) is 11.8 Å². The topological polar surface area (TPSA) is 105 Å². The smallest absolute Gasteiger partial charge is 0.339 e. The van der Waals surface area contributed by atoms with E-state index in [1.165, 1.54) is 0 Å². The Labute approximate surface area is 201 Å². The molecule has 35 heavy (non-hydrogen) atoms. The summed E-state index contributed by atoms with van der Waals surface area (Å²) in [5.41, 5.74) is 4.37. The van der Waals surface area contributed by atoms with Crippen LogP contribution in [0.2, 0.25) is 0 Å². The number of para-hydroxylation sites is 2. The summed E-state index contributed by atoms with van der Waals surface area (Å²) in [5, 5.41) is 12.5. The molecule has 2 aromatic carbocycles. The molecule has 1 aliphatic rings. The van der Waals surface area contributed by atoms with E-state index in [1.54, 1.807) is 30.5 Å². The average molecular weight is 463 g/mol. The van der Waals surface area contributed by atoms with Crippen molar-refractivity contribution in [3.8, 4) is 6.07 Å². The van der Waals surface area contributed by atoms with Crippen molar-refractivity contribution in [3.63, 3.8) is 0 Å². The van der Waals surface area contributed by atoms with Crippen LogP contribution in [0.3, 0.4) is 0 Å². The third kappa shape index (κ3) is 4.55. The summed E-state index contributed by atoms with van der Waals surface area (Å²) in [5.74, 6) is -0.379. The van der Waals surface area contributed by atoms with Gasteiger partial charge in [0.05, 0.1) is 34.3 Å². The van der Waals surface area contributed by atoms with Crippen LogP contribution in [-0.4, -0.2) is 23.5 Å². The highest BCUT2D eigenvalue weighted by molar-refractivity contribution is 6.07. The molecule has 0 unspecified atom stereocenters. The van der Waals surface area contributed by atoms with Crippen molar-refractivity contribution in [1.29, 1.82) is 5.26 Å². The molecule has 0 aliphatic heterocycles. The van der Waals surface area contributed by atoms with Gasteiger partial charge in [-0.25, -0.2) is 9.78 Å². The maximum Gasteiger partial charge on any atom is 0.339 e. The van der Waals surface area contributed by atoms with E-state index in [1.807, 2.05) is 48.5 Å². The molecule has 0 bridgehead atoms. The fraction of sp³-hybridized carbons (Fsp3) is 0.143. The van der Waals surface area contributed by atoms with Crippen LogP contribution in [0.4, 0.5) is 5.69 Å². The largest absolute Gasteiger partial charge is 0.465 e. The molecule has 2 heterocycles. The monoisotopic (exact) mass is 463 g/mol. The Hall–Kier alpha value is -4.70. The minimum absolute atomic E-state index is 0.331.